The van der Waals surface area contributed by atoms with Gasteiger partial charge >= 0.3 is 0 Å². The fraction of sp³-hybridized carbons (Fsp3) is 0.300. The molecule has 1 N–H and O–H groups in total. The topological polar surface area (TPSA) is 84.3 Å². The minimum Gasteiger partial charge on any atom is -0.341 e. The van der Waals surface area contributed by atoms with Crippen LogP contribution in [0.2, 0.25) is 5.02 Å². The number of hydrogen-bond acceptors (Lipinski definition) is 5. The predicted octanol–water partition coefficient (Wildman–Crippen LogP) is 4.14. The number of nitrogens with one attached hydrogen (secondary N) is 1. The number of halogens is 2. The third kappa shape index (κ3) is 4.76. The Kier molecular flexibility index (Phi) is 6.05. The molecule has 0 unspecified atom stereocenters. The lowest BCUT2D eigenvalue weighted by Crippen LogP contribution is -2.31. The van der Waals surface area contributed by atoms with Crippen LogP contribution in [0.4, 0.5) is 10.1 Å². The molecule has 2 aromatic heterocycles. The molecule has 1 aliphatic rings. The molecule has 0 spiro atoms. The van der Waals surface area contributed by atoms with Crippen molar-refractivity contribution in [3.05, 3.63) is 52.4 Å². The summed E-state index contributed by atoms with van der Waals surface area (Å²) in [6.07, 6.45) is 3.31. The fourth-order valence-electron chi connectivity index (χ4n) is 3.40. The number of nitrogens with zero attached hydrogens (tertiary/aromatic N) is 3. The van der Waals surface area contributed by atoms with Gasteiger partial charge in [0.1, 0.15) is 22.3 Å². The Bertz CT molecular complexity index is 1230. The molecule has 1 fully saturated rings. The summed E-state index contributed by atoms with van der Waals surface area (Å²) in [4.78, 5) is 18.8. The molecule has 0 atom stereocenters. The molecule has 164 valence electrons. The van der Waals surface area contributed by atoms with Crippen LogP contribution in [0.5, 0.6) is 0 Å². The molecule has 0 bridgehead atoms. The molecule has 0 radical (unpaired) electrons. The van der Waals surface area contributed by atoms with Crippen LogP contribution in [0, 0.1) is 12.7 Å². The number of carbonyl (C=O) groups excluding carboxylic acids is 1. The van der Waals surface area contributed by atoms with Gasteiger partial charge in [0.25, 0.3) is 10.0 Å². The van der Waals surface area contributed by atoms with Crippen LogP contribution >= 0.6 is 22.9 Å². The zero-order valence-corrected chi connectivity index (χ0v) is 19.0. The first-order valence-electron chi connectivity index (χ1n) is 9.61. The zero-order chi connectivity index (χ0) is 22.2. The van der Waals surface area contributed by atoms with Crippen LogP contribution in [-0.4, -0.2) is 41.9 Å². The van der Waals surface area contributed by atoms with Gasteiger partial charge in [0.2, 0.25) is 5.91 Å². The average Bonchev–Trinajstić information content (AvgIpc) is 3.45. The number of benzene rings is 1. The highest BCUT2D eigenvalue weighted by Gasteiger charge is 2.25. The second-order valence-corrected chi connectivity index (χ2v) is 10.3. The summed E-state index contributed by atoms with van der Waals surface area (Å²) in [5, 5.41) is 2.65. The molecular formula is C20H20ClFN4O3S2. The Labute approximate surface area is 188 Å². The summed E-state index contributed by atoms with van der Waals surface area (Å²) in [6.45, 7) is 3.23. The quantitative estimate of drug-likeness (QED) is 0.572. The van der Waals surface area contributed by atoms with Crippen LogP contribution in [0.3, 0.4) is 0 Å². The molecule has 1 aliphatic heterocycles. The molecule has 4 rings (SSSR count). The first-order chi connectivity index (χ1) is 14.7. The zero-order valence-electron chi connectivity index (χ0n) is 16.6. The molecule has 0 aliphatic carbocycles. The van der Waals surface area contributed by atoms with Crippen molar-refractivity contribution in [2.75, 3.05) is 17.8 Å². The lowest BCUT2D eigenvalue weighted by molar-refractivity contribution is -0.130. The summed E-state index contributed by atoms with van der Waals surface area (Å²) in [7, 11) is -4.13. The van der Waals surface area contributed by atoms with Gasteiger partial charge in [0.05, 0.1) is 11.4 Å². The third-order valence-corrected chi connectivity index (χ3v) is 7.51. The highest BCUT2D eigenvalue weighted by molar-refractivity contribution is 7.92. The van der Waals surface area contributed by atoms with Crippen molar-refractivity contribution in [2.24, 2.45) is 0 Å². The lowest BCUT2D eigenvalue weighted by Gasteiger charge is -2.16. The van der Waals surface area contributed by atoms with Crippen LogP contribution in [-0.2, 0) is 21.4 Å². The van der Waals surface area contributed by atoms with Gasteiger partial charge in [-0.1, -0.05) is 11.6 Å². The average molecular weight is 483 g/mol. The Hall–Kier alpha value is -2.43. The van der Waals surface area contributed by atoms with Gasteiger partial charge in [0, 0.05) is 35.4 Å². The van der Waals surface area contributed by atoms with E-state index in [0.717, 1.165) is 24.6 Å². The first kappa shape index (κ1) is 21.8. The second-order valence-electron chi connectivity index (χ2n) is 7.30. The normalized spacial score (nSPS) is 14.2. The molecule has 3 aromatic rings. The van der Waals surface area contributed by atoms with Gasteiger partial charge in [0.15, 0.2) is 0 Å². The number of amides is 1. The highest BCUT2D eigenvalue weighted by Crippen LogP contribution is 2.30. The van der Waals surface area contributed by atoms with Crippen molar-refractivity contribution < 1.29 is 17.6 Å². The van der Waals surface area contributed by atoms with E-state index in [-0.39, 0.29) is 28.1 Å². The maximum absolute atomic E-state index is 14.1. The standard InChI is InChI=1S/C20H20ClFN4O3S2/c1-13-12-30-20(23-13)18-9-15(10-26(18)11-19(27)25-6-2-3-7-25)31(28,29)24-17-8-14(21)4-5-16(17)22/h4-5,8-10,12,24H,2-3,6-7,11H2,1H3. The summed E-state index contributed by atoms with van der Waals surface area (Å²) in [5.41, 5.74) is 1.06. The van der Waals surface area contributed by atoms with E-state index in [1.54, 1.807) is 9.47 Å². The van der Waals surface area contributed by atoms with Crippen LogP contribution in [0.1, 0.15) is 18.5 Å². The number of rotatable bonds is 6. The van der Waals surface area contributed by atoms with E-state index in [9.17, 15) is 17.6 Å². The van der Waals surface area contributed by atoms with E-state index < -0.39 is 15.8 Å². The van der Waals surface area contributed by atoms with E-state index in [0.29, 0.717) is 23.8 Å². The number of aromatic nitrogens is 2. The molecule has 1 saturated heterocycles. The molecular weight excluding hydrogens is 463 g/mol. The van der Waals surface area contributed by atoms with Gasteiger partial charge in [-0.25, -0.2) is 17.8 Å². The molecule has 31 heavy (non-hydrogen) atoms. The number of anilines is 1. The number of sulfonamides is 1. The number of carbonyl (C=O) groups is 1. The van der Waals surface area contributed by atoms with Crippen LogP contribution < -0.4 is 4.72 Å². The Morgan fingerprint density at radius 3 is 2.71 bits per heavy atom. The largest absolute Gasteiger partial charge is 0.341 e. The molecule has 1 amide bonds. The van der Waals surface area contributed by atoms with Crippen molar-refractivity contribution in [2.45, 2.75) is 31.2 Å². The van der Waals surface area contributed by atoms with Crippen molar-refractivity contribution in [3.8, 4) is 10.7 Å². The highest BCUT2D eigenvalue weighted by atomic mass is 35.5. The minimum absolute atomic E-state index is 0.00495. The number of aryl methyl sites for hydroxylation is 1. The van der Waals surface area contributed by atoms with E-state index in [1.165, 1.54) is 35.7 Å². The number of hydrogen-bond donors (Lipinski definition) is 1. The van der Waals surface area contributed by atoms with Gasteiger partial charge in [-0.3, -0.25) is 9.52 Å². The van der Waals surface area contributed by atoms with E-state index in [1.807, 2.05) is 12.3 Å². The molecule has 1 aromatic carbocycles. The smallest absolute Gasteiger partial charge is 0.263 e. The third-order valence-electron chi connectivity index (χ3n) is 4.96. The molecule has 0 saturated carbocycles. The fourth-order valence-corrected chi connectivity index (χ4v) is 5.50. The maximum Gasteiger partial charge on any atom is 0.263 e. The van der Waals surface area contributed by atoms with E-state index in [2.05, 4.69) is 9.71 Å². The SMILES string of the molecule is Cc1csc(-c2cc(S(=O)(=O)Nc3cc(Cl)ccc3F)cn2CC(=O)N2CCCC2)n1. The van der Waals surface area contributed by atoms with Gasteiger partial charge in [-0.05, 0) is 44.0 Å². The van der Waals surface area contributed by atoms with Crippen molar-refractivity contribution >= 4 is 44.6 Å². The molecule has 3 heterocycles. The van der Waals surface area contributed by atoms with Crippen molar-refractivity contribution in [1.29, 1.82) is 0 Å². The predicted molar refractivity (Wildman–Crippen MR) is 118 cm³/mol. The summed E-state index contributed by atoms with van der Waals surface area (Å²) < 4.78 is 43.8. The van der Waals surface area contributed by atoms with Crippen molar-refractivity contribution in [1.82, 2.24) is 14.5 Å². The van der Waals surface area contributed by atoms with Crippen molar-refractivity contribution in [3.63, 3.8) is 0 Å². The Balaban J connectivity index is 1.69. The number of likely N-dealkylation sites (tertiary alicyclic amines) is 1. The molecule has 11 heteroatoms. The van der Waals surface area contributed by atoms with Gasteiger partial charge in [-0.15, -0.1) is 11.3 Å². The van der Waals surface area contributed by atoms with Gasteiger partial charge < -0.3 is 9.47 Å². The summed E-state index contributed by atoms with van der Waals surface area (Å²) >= 11 is 7.23. The van der Waals surface area contributed by atoms with Gasteiger partial charge in [-0.2, -0.15) is 0 Å². The molecule has 7 nitrogen and oxygen atoms in total. The summed E-state index contributed by atoms with van der Waals surface area (Å²) in [6, 6.07) is 5.07. The van der Waals surface area contributed by atoms with Crippen LogP contribution in [0.15, 0.2) is 40.7 Å². The Morgan fingerprint density at radius 1 is 1.29 bits per heavy atom. The number of thiazole rings is 1. The lowest BCUT2D eigenvalue weighted by atomic mass is 10.3. The first-order valence-corrected chi connectivity index (χ1v) is 12.4. The second kappa shape index (κ2) is 8.60. The van der Waals surface area contributed by atoms with E-state index in [4.69, 9.17) is 11.6 Å². The maximum atomic E-state index is 14.1. The monoisotopic (exact) mass is 482 g/mol. The summed E-state index contributed by atoms with van der Waals surface area (Å²) in [5.74, 6) is -0.826. The van der Waals surface area contributed by atoms with Crippen LogP contribution in [0.25, 0.3) is 10.7 Å². The Morgan fingerprint density at radius 2 is 2.03 bits per heavy atom. The minimum atomic E-state index is -4.13. The van der Waals surface area contributed by atoms with E-state index >= 15 is 0 Å².